The van der Waals surface area contributed by atoms with Crippen molar-refractivity contribution in [2.24, 2.45) is 0 Å². The monoisotopic (exact) mass is 454 g/mol. The number of hydrogen-bond acceptors (Lipinski definition) is 5. The van der Waals surface area contributed by atoms with E-state index in [1.165, 1.54) is 21.1 Å². The smallest absolute Gasteiger partial charge is 0.407 e. The zero-order chi connectivity index (χ0) is 25.0. The Balaban J connectivity index is 1.60. The minimum atomic E-state index is -1.88. The number of carbonyl (C=O) groups is 4. The molecule has 0 aliphatic heterocycles. The molecule has 2 aromatic rings. The molecular weight excluding hydrogens is 426 g/mol. The standard InChI is InChI=1S/C24H27N3O6/c1-26(2)23(31)20(12-22(29)30)27(3)21(28)13-25-24(32)33-14-19-17-10-6-4-8-15(17)16-9-5-7-11-18(16)19/h4-11,19-20H,12-14H2,1-3H3,(H,25,32)(H,29,30)/t20-/m0/s1/i12D/t12?,20-. The molecular formula is C24H27N3O6. The molecule has 1 aliphatic rings. The molecule has 3 amide bonds. The van der Waals surface area contributed by atoms with Gasteiger partial charge in [0.25, 0.3) is 0 Å². The van der Waals surface area contributed by atoms with Gasteiger partial charge in [-0.1, -0.05) is 48.5 Å². The van der Waals surface area contributed by atoms with E-state index in [1.807, 2.05) is 48.5 Å². The highest BCUT2D eigenvalue weighted by Crippen LogP contribution is 2.44. The van der Waals surface area contributed by atoms with Crippen LogP contribution < -0.4 is 5.32 Å². The molecule has 0 saturated heterocycles. The predicted molar refractivity (Wildman–Crippen MR) is 121 cm³/mol. The Morgan fingerprint density at radius 2 is 1.58 bits per heavy atom. The molecule has 1 unspecified atom stereocenters. The van der Waals surface area contributed by atoms with Crippen molar-refractivity contribution in [3.8, 4) is 11.1 Å². The Hall–Kier alpha value is -3.88. The molecule has 2 N–H and O–H groups in total. The van der Waals surface area contributed by atoms with Gasteiger partial charge in [-0.05, 0) is 22.3 Å². The number of aliphatic carboxylic acids is 1. The minimum absolute atomic E-state index is 0.0689. The van der Waals surface area contributed by atoms with Crippen LogP contribution in [0.15, 0.2) is 48.5 Å². The summed E-state index contributed by atoms with van der Waals surface area (Å²) in [4.78, 5) is 50.4. The second-order valence-electron chi connectivity index (χ2n) is 7.87. The number of ether oxygens (including phenoxy) is 1. The van der Waals surface area contributed by atoms with Crippen LogP contribution in [0.2, 0.25) is 0 Å². The molecule has 2 atom stereocenters. The van der Waals surface area contributed by atoms with E-state index < -0.39 is 42.9 Å². The summed E-state index contributed by atoms with van der Waals surface area (Å²) in [7, 11) is 4.02. The average Bonchev–Trinajstić information content (AvgIpc) is 3.14. The quantitative estimate of drug-likeness (QED) is 0.630. The third-order valence-electron chi connectivity index (χ3n) is 5.53. The summed E-state index contributed by atoms with van der Waals surface area (Å²) in [6.45, 7) is -0.448. The first-order valence-electron chi connectivity index (χ1n) is 10.9. The lowest BCUT2D eigenvalue weighted by Gasteiger charge is -2.28. The van der Waals surface area contributed by atoms with Crippen LogP contribution in [0.5, 0.6) is 0 Å². The van der Waals surface area contributed by atoms with Gasteiger partial charge >= 0.3 is 12.1 Å². The second kappa shape index (κ2) is 10.2. The van der Waals surface area contributed by atoms with Crippen LogP contribution in [0.3, 0.4) is 0 Å². The van der Waals surface area contributed by atoms with E-state index in [1.54, 1.807) is 0 Å². The van der Waals surface area contributed by atoms with Crippen molar-refractivity contribution in [3.05, 3.63) is 59.7 Å². The molecule has 0 heterocycles. The molecule has 0 bridgehead atoms. The van der Waals surface area contributed by atoms with Gasteiger partial charge < -0.3 is 25.0 Å². The van der Waals surface area contributed by atoms with Gasteiger partial charge in [0.2, 0.25) is 11.8 Å². The molecule has 0 radical (unpaired) electrons. The van der Waals surface area contributed by atoms with Crippen LogP contribution in [0, 0.1) is 0 Å². The first-order chi connectivity index (χ1) is 16.1. The summed E-state index contributed by atoms with van der Waals surface area (Å²) in [5.74, 6) is -3.12. The highest BCUT2D eigenvalue weighted by Gasteiger charge is 2.31. The van der Waals surface area contributed by atoms with Crippen molar-refractivity contribution in [2.75, 3.05) is 34.3 Å². The van der Waals surface area contributed by atoms with Gasteiger partial charge in [-0.25, -0.2) is 4.79 Å². The Bertz CT molecular complexity index is 1060. The van der Waals surface area contributed by atoms with Crippen LogP contribution >= 0.6 is 0 Å². The van der Waals surface area contributed by atoms with Crippen molar-refractivity contribution < 1.29 is 30.4 Å². The number of rotatable bonds is 8. The molecule has 0 saturated carbocycles. The largest absolute Gasteiger partial charge is 0.481 e. The van der Waals surface area contributed by atoms with E-state index >= 15 is 0 Å². The fraction of sp³-hybridized carbons (Fsp3) is 0.333. The van der Waals surface area contributed by atoms with E-state index in [2.05, 4.69) is 5.32 Å². The van der Waals surface area contributed by atoms with Gasteiger partial charge in [-0.15, -0.1) is 0 Å². The third-order valence-corrected chi connectivity index (χ3v) is 5.53. The number of amides is 3. The van der Waals surface area contributed by atoms with E-state index in [0.717, 1.165) is 32.1 Å². The molecule has 33 heavy (non-hydrogen) atoms. The normalized spacial score (nSPS) is 14.2. The maximum atomic E-state index is 12.5. The fourth-order valence-corrected chi connectivity index (χ4v) is 3.83. The van der Waals surface area contributed by atoms with E-state index in [9.17, 15) is 19.2 Å². The van der Waals surface area contributed by atoms with Gasteiger partial charge in [0.15, 0.2) is 0 Å². The van der Waals surface area contributed by atoms with Crippen molar-refractivity contribution in [1.29, 1.82) is 0 Å². The fourth-order valence-electron chi connectivity index (χ4n) is 3.83. The summed E-state index contributed by atoms with van der Waals surface area (Å²) >= 11 is 0. The van der Waals surface area contributed by atoms with E-state index in [4.69, 9.17) is 11.2 Å². The highest BCUT2D eigenvalue weighted by atomic mass is 16.5. The van der Waals surface area contributed by atoms with E-state index in [-0.39, 0.29) is 12.5 Å². The summed E-state index contributed by atoms with van der Waals surface area (Å²) in [6, 6.07) is 14.2. The lowest BCUT2D eigenvalue weighted by atomic mass is 9.98. The number of fused-ring (bicyclic) bond motifs is 3. The number of carbonyl (C=O) groups excluding carboxylic acids is 3. The zero-order valence-corrected chi connectivity index (χ0v) is 18.6. The zero-order valence-electron chi connectivity index (χ0n) is 19.6. The predicted octanol–water partition coefficient (Wildman–Crippen LogP) is 1.92. The first kappa shape index (κ1) is 22.3. The van der Waals surface area contributed by atoms with Crippen molar-refractivity contribution in [1.82, 2.24) is 15.1 Å². The minimum Gasteiger partial charge on any atom is -0.481 e. The number of likely N-dealkylation sites (N-methyl/N-ethyl adjacent to an activating group) is 2. The number of hydrogen-bond donors (Lipinski definition) is 2. The average molecular weight is 455 g/mol. The second-order valence-corrected chi connectivity index (χ2v) is 7.87. The third kappa shape index (κ3) is 5.31. The lowest BCUT2D eigenvalue weighted by molar-refractivity contribution is -0.148. The molecule has 9 nitrogen and oxygen atoms in total. The summed E-state index contributed by atoms with van der Waals surface area (Å²) in [5, 5.41) is 11.5. The van der Waals surface area contributed by atoms with Crippen LogP contribution in [-0.4, -0.2) is 79.1 Å². The summed E-state index contributed by atoms with van der Waals surface area (Å²) in [6.07, 6.45) is -2.70. The maximum Gasteiger partial charge on any atom is 0.407 e. The van der Waals surface area contributed by atoms with Crippen LogP contribution in [0.4, 0.5) is 4.79 Å². The molecule has 0 fully saturated rings. The van der Waals surface area contributed by atoms with Crippen LogP contribution in [0.1, 0.15) is 24.8 Å². The highest BCUT2D eigenvalue weighted by molar-refractivity contribution is 5.91. The lowest BCUT2D eigenvalue weighted by Crippen LogP contribution is -2.50. The Labute approximate surface area is 193 Å². The summed E-state index contributed by atoms with van der Waals surface area (Å²) in [5.41, 5.74) is 4.27. The Morgan fingerprint density at radius 1 is 1.03 bits per heavy atom. The van der Waals surface area contributed by atoms with Gasteiger partial charge in [0.05, 0.1) is 6.40 Å². The Morgan fingerprint density at radius 3 is 2.09 bits per heavy atom. The number of carboxylic acids is 1. The molecule has 0 spiro atoms. The van der Waals surface area contributed by atoms with Crippen LogP contribution in [0.25, 0.3) is 11.1 Å². The number of benzene rings is 2. The van der Waals surface area contributed by atoms with Gasteiger partial charge in [-0.3, -0.25) is 14.4 Å². The molecule has 9 heteroatoms. The van der Waals surface area contributed by atoms with Crippen molar-refractivity contribution in [3.63, 3.8) is 0 Å². The van der Waals surface area contributed by atoms with Gasteiger partial charge in [0, 0.05) is 28.4 Å². The molecule has 3 rings (SSSR count). The molecule has 1 aliphatic carbocycles. The topological polar surface area (TPSA) is 116 Å². The first-order valence-corrected chi connectivity index (χ1v) is 10.3. The van der Waals surface area contributed by atoms with Crippen molar-refractivity contribution >= 4 is 23.9 Å². The van der Waals surface area contributed by atoms with Crippen LogP contribution in [-0.2, 0) is 19.1 Å². The molecule has 2 aromatic carbocycles. The Kier molecular flexibility index (Phi) is 6.87. The maximum absolute atomic E-state index is 12.5. The van der Waals surface area contributed by atoms with E-state index in [0.29, 0.717) is 0 Å². The number of nitrogens with one attached hydrogen (secondary N) is 1. The van der Waals surface area contributed by atoms with Gasteiger partial charge in [0.1, 0.15) is 19.2 Å². The summed E-state index contributed by atoms with van der Waals surface area (Å²) < 4.78 is 13.2. The number of carboxylic acid groups (broad SMARTS) is 1. The van der Waals surface area contributed by atoms with Crippen molar-refractivity contribution in [2.45, 2.75) is 18.4 Å². The SMILES string of the molecule is [2H]C(C(=O)O)[C@@H](C(=O)N(C)C)N(C)C(=O)CNC(=O)OCC1c2ccccc2-c2ccccc21. The molecule has 174 valence electrons. The van der Waals surface area contributed by atoms with Gasteiger partial charge in [-0.2, -0.15) is 0 Å². The number of alkyl carbamates (subject to hydrolysis) is 1. The molecule has 0 aromatic heterocycles. The number of nitrogens with zero attached hydrogens (tertiary/aromatic N) is 2.